The number of fused-ring (bicyclic) bond motifs is 1. The molecular weight excluding hydrogens is 348 g/mol. The van der Waals surface area contributed by atoms with E-state index >= 15 is 0 Å². The first-order valence-corrected chi connectivity index (χ1v) is 9.96. The van der Waals surface area contributed by atoms with Gasteiger partial charge in [-0.25, -0.2) is 0 Å². The van der Waals surface area contributed by atoms with Crippen molar-refractivity contribution in [2.24, 2.45) is 0 Å². The van der Waals surface area contributed by atoms with Gasteiger partial charge in [-0.1, -0.05) is 42.8 Å². The van der Waals surface area contributed by atoms with Crippen LogP contribution in [0.1, 0.15) is 32.6 Å². The maximum atomic E-state index is 12.7. The molecule has 3 heterocycles. The van der Waals surface area contributed by atoms with E-state index in [4.69, 9.17) is 4.42 Å². The highest BCUT2D eigenvalue weighted by molar-refractivity contribution is 8.00. The van der Waals surface area contributed by atoms with Gasteiger partial charge in [-0.15, -0.1) is 10.2 Å². The number of hydrogen-bond acceptors (Lipinski definition) is 5. The Hall–Kier alpha value is -2.28. The topological polar surface area (TPSA) is 75.0 Å². The van der Waals surface area contributed by atoms with Crippen molar-refractivity contribution in [1.29, 1.82) is 0 Å². The van der Waals surface area contributed by atoms with Crippen LogP contribution in [-0.4, -0.2) is 44.3 Å². The molecule has 26 heavy (non-hydrogen) atoms. The molecule has 0 saturated carbocycles. The number of carbonyl (C=O) groups excluding carboxylic acids is 1. The van der Waals surface area contributed by atoms with Gasteiger partial charge >= 0.3 is 0 Å². The fourth-order valence-corrected chi connectivity index (χ4v) is 4.13. The van der Waals surface area contributed by atoms with Crippen molar-refractivity contribution in [2.75, 3.05) is 13.1 Å². The zero-order valence-corrected chi connectivity index (χ0v) is 15.6. The van der Waals surface area contributed by atoms with Crippen molar-refractivity contribution in [3.05, 3.63) is 30.5 Å². The highest BCUT2D eigenvalue weighted by Gasteiger charge is 2.24. The molecule has 0 aliphatic carbocycles. The number of H-pyrrole nitrogens is 1. The lowest BCUT2D eigenvalue weighted by atomic mass is 10.2. The quantitative estimate of drug-likeness (QED) is 0.700. The number of hydrogen-bond donors (Lipinski definition) is 1. The summed E-state index contributed by atoms with van der Waals surface area (Å²) < 4.78 is 5.82. The van der Waals surface area contributed by atoms with Crippen molar-refractivity contribution < 1.29 is 9.21 Å². The Morgan fingerprint density at radius 2 is 1.96 bits per heavy atom. The summed E-state index contributed by atoms with van der Waals surface area (Å²) in [4.78, 5) is 17.9. The summed E-state index contributed by atoms with van der Waals surface area (Å²) in [6, 6.07) is 7.98. The van der Waals surface area contributed by atoms with Crippen molar-refractivity contribution in [2.45, 2.75) is 43.1 Å². The SMILES string of the molecule is C[C@H](Sc1nnc(-c2c[nH]c3ccccc23)o1)C(=O)N1CCCCCC1. The Morgan fingerprint density at radius 3 is 2.77 bits per heavy atom. The second-order valence-electron chi connectivity index (χ2n) is 6.62. The number of aromatic nitrogens is 3. The number of aromatic amines is 1. The van der Waals surface area contributed by atoms with Crippen LogP contribution in [0.2, 0.25) is 0 Å². The molecule has 1 atom stereocenters. The molecule has 0 radical (unpaired) electrons. The number of benzene rings is 1. The number of para-hydroxylation sites is 1. The summed E-state index contributed by atoms with van der Waals surface area (Å²) >= 11 is 1.33. The minimum atomic E-state index is -0.232. The highest BCUT2D eigenvalue weighted by Crippen LogP contribution is 2.31. The molecule has 0 unspecified atom stereocenters. The maximum Gasteiger partial charge on any atom is 0.277 e. The minimum absolute atomic E-state index is 0.156. The molecule has 3 aromatic rings. The fraction of sp³-hybridized carbons (Fsp3) is 0.421. The summed E-state index contributed by atoms with van der Waals surface area (Å²) in [5.41, 5.74) is 1.91. The van der Waals surface area contributed by atoms with Gasteiger partial charge in [-0.05, 0) is 25.8 Å². The predicted octanol–water partition coefficient (Wildman–Crippen LogP) is 4.10. The smallest absolute Gasteiger partial charge is 0.277 e. The normalized spacial score (nSPS) is 16.6. The van der Waals surface area contributed by atoms with Crippen molar-refractivity contribution in [3.8, 4) is 11.5 Å². The Labute approximate surface area is 156 Å². The molecule has 1 amide bonds. The highest BCUT2D eigenvalue weighted by atomic mass is 32.2. The molecule has 136 valence electrons. The van der Waals surface area contributed by atoms with Crippen LogP contribution in [0.5, 0.6) is 0 Å². The predicted molar refractivity (Wildman–Crippen MR) is 102 cm³/mol. The van der Waals surface area contributed by atoms with Crippen LogP contribution in [0.3, 0.4) is 0 Å². The number of amides is 1. The molecule has 0 bridgehead atoms. The molecule has 1 aliphatic rings. The van der Waals surface area contributed by atoms with Gasteiger partial charge in [0, 0.05) is 30.2 Å². The zero-order valence-electron chi connectivity index (χ0n) is 14.8. The largest absolute Gasteiger partial charge is 0.411 e. The number of rotatable bonds is 4. The summed E-state index contributed by atoms with van der Waals surface area (Å²) in [5.74, 6) is 0.628. The Bertz CT molecular complexity index is 896. The summed E-state index contributed by atoms with van der Waals surface area (Å²) in [6.45, 7) is 3.62. The fourth-order valence-electron chi connectivity index (χ4n) is 3.36. The molecule has 1 aromatic carbocycles. The molecule has 1 aliphatic heterocycles. The van der Waals surface area contributed by atoms with Crippen molar-refractivity contribution >= 4 is 28.6 Å². The first kappa shape index (κ1) is 17.1. The van der Waals surface area contributed by atoms with E-state index in [2.05, 4.69) is 15.2 Å². The van der Waals surface area contributed by atoms with Gasteiger partial charge in [0.05, 0.1) is 10.8 Å². The van der Waals surface area contributed by atoms with E-state index in [1.807, 2.05) is 42.3 Å². The number of nitrogens with one attached hydrogen (secondary N) is 1. The summed E-state index contributed by atoms with van der Waals surface area (Å²) in [6.07, 6.45) is 6.48. The van der Waals surface area contributed by atoms with Gasteiger partial charge in [0.1, 0.15) is 0 Å². The third-order valence-corrected chi connectivity index (χ3v) is 5.69. The van der Waals surface area contributed by atoms with Crippen LogP contribution >= 0.6 is 11.8 Å². The van der Waals surface area contributed by atoms with Gasteiger partial charge in [0.15, 0.2) is 0 Å². The molecule has 0 spiro atoms. The number of carbonyl (C=O) groups is 1. The number of likely N-dealkylation sites (tertiary alicyclic amines) is 1. The lowest BCUT2D eigenvalue weighted by Crippen LogP contribution is -2.37. The molecule has 1 saturated heterocycles. The molecule has 2 aromatic heterocycles. The molecule has 1 fully saturated rings. The average molecular weight is 370 g/mol. The van der Waals surface area contributed by atoms with E-state index in [-0.39, 0.29) is 11.2 Å². The standard InChI is InChI=1S/C19H22N4O2S/c1-13(18(24)23-10-6-2-3-7-11-23)26-19-22-21-17(25-19)15-12-20-16-9-5-4-8-14(15)16/h4-5,8-9,12-13,20H,2-3,6-7,10-11H2,1H3/t13-/m0/s1. The van der Waals surface area contributed by atoms with E-state index in [0.717, 1.165) is 42.4 Å². The van der Waals surface area contributed by atoms with Crippen LogP contribution in [0.25, 0.3) is 22.4 Å². The lowest BCUT2D eigenvalue weighted by Gasteiger charge is -2.23. The van der Waals surface area contributed by atoms with Gasteiger partial charge in [0.2, 0.25) is 5.91 Å². The Balaban J connectivity index is 1.47. The van der Waals surface area contributed by atoms with Gasteiger partial charge in [-0.2, -0.15) is 0 Å². The second kappa shape index (κ2) is 7.53. The van der Waals surface area contributed by atoms with Crippen LogP contribution in [0.15, 0.2) is 40.1 Å². The maximum absolute atomic E-state index is 12.7. The number of nitrogens with zero attached hydrogens (tertiary/aromatic N) is 3. The van der Waals surface area contributed by atoms with Crippen LogP contribution in [0, 0.1) is 0 Å². The first-order valence-electron chi connectivity index (χ1n) is 9.08. The van der Waals surface area contributed by atoms with Gasteiger partial charge in [-0.3, -0.25) is 4.79 Å². The third kappa shape index (κ3) is 3.49. The zero-order chi connectivity index (χ0) is 17.9. The van der Waals surface area contributed by atoms with E-state index in [1.54, 1.807) is 0 Å². The molecular formula is C19H22N4O2S. The average Bonchev–Trinajstić information content (AvgIpc) is 3.19. The van der Waals surface area contributed by atoms with E-state index in [1.165, 1.54) is 24.6 Å². The molecule has 4 rings (SSSR count). The Kier molecular flexibility index (Phi) is 4.97. The number of thioether (sulfide) groups is 1. The summed E-state index contributed by atoms with van der Waals surface area (Å²) in [5, 5.41) is 9.54. The molecule has 1 N–H and O–H groups in total. The van der Waals surface area contributed by atoms with E-state index in [0.29, 0.717) is 11.1 Å². The van der Waals surface area contributed by atoms with Crippen LogP contribution < -0.4 is 0 Å². The van der Waals surface area contributed by atoms with Crippen molar-refractivity contribution in [3.63, 3.8) is 0 Å². The van der Waals surface area contributed by atoms with Crippen LogP contribution in [0.4, 0.5) is 0 Å². The monoisotopic (exact) mass is 370 g/mol. The van der Waals surface area contributed by atoms with Crippen LogP contribution in [-0.2, 0) is 4.79 Å². The van der Waals surface area contributed by atoms with E-state index < -0.39 is 0 Å². The molecule has 7 heteroatoms. The first-order chi connectivity index (χ1) is 12.7. The Morgan fingerprint density at radius 1 is 1.19 bits per heavy atom. The second-order valence-corrected chi connectivity index (χ2v) is 7.91. The minimum Gasteiger partial charge on any atom is -0.411 e. The third-order valence-electron chi connectivity index (χ3n) is 4.77. The lowest BCUT2D eigenvalue weighted by molar-refractivity contribution is -0.130. The van der Waals surface area contributed by atoms with E-state index in [9.17, 15) is 4.79 Å². The molecule has 6 nitrogen and oxygen atoms in total. The summed E-state index contributed by atoms with van der Waals surface area (Å²) in [7, 11) is 0. The van der Waals surface area contributed by atoms with Gasteiger partial charge < -0.3 is 14.3 Å². The van der Waals surface area contributed by atoms with Gasteiger partial charge in [0.25, 0.3) is 11.1 Å². The van der Waals surface area contributed by atoms with Crippen molar-refractivity contribution in [1.82, 2.24) is 20.1 Å².